The van der Waals surface area contributed by atoms with Crippen molar-refractivity contribution in [2.75, 3.05) is 47.8 Å². The van der Waals surface area contributed by atoms with Crippen LogP contribution in [-0.2, 0) is 9.59 Å². The van der Waals surface area contributed by atoms with E-state index in [1.807, 2.05) is 23.2 Å². The highest BCUT2D eigenvalue weighted by molar-refractivity contribution is 6.23. The van der Waals surface area contributed by atoms with E-state index in [1.54, 1.807) is 17.7 Å². The Balaban J connectivity index is 0.746. The Labute approximate surface area is 350 Å². The van der Waals surface area contributed by atoms with Gasteiger partial charge in [-0.05, 0) is 88.1 Å². The Hall–Kier alpha value is -6.10. The minimum Gasteiger partial charge on any atom is -0.370 e. The number of amides is 4. The first-order valence-corrected chi connectivity index (χ1v) is 21.4. The van der Waals surface area contributed by atoms with E-state index in [-0.39, 0.29) is 64.7 Å². The smallest absolute Gasteiger partial charge is 0.263 e. The summed E-state index contributed by atoms with van der Waals surface area (Å²) in [6, 6.07) is 5.93. The van der Waals surface area contributed by atoms with Crippen molar-refractivity contribution in [3.05, 3.63) is 75.1 Å². The highest BCUT2D eigenvalue weighted by Gasteiger charge is 2.48. The van der Waals surface area contributed by atoms with Gasteiger partial charge in [0.1, 0.15) is 23.3 Å². The first-order valence-electron chi connectivity index (χ1n) is 21.4. The van der Waals surface area contributed by atoms with Crippen molar-refractivity contribution in [1.29, 1.82) is 0 Å². The molecule has 3 aromatic heterocycles. The minimum atomic E-state index is -1.10. The fraction of sp³-hybridized carbons (Fsp3) is 0.477. The number of rotatable bonds is 9. The van der Waals surface area contributed by atoms with Crippen molar-refractivity contribution in [3.8, 4) is 0 Å². The highest BCUT2D eigenvalue weighted by atomic mass is 19.1. The van der Waals surface area contributed by atoms with Gasteiger partial charge in [-0.3, -0.25) is 48.5 Å². The number of hydrogen-bond donors (Lipinski definition) is 2. The highest BCUT2D eigenvalue weighted by Crippen LogP contribution is 2.40. The Bertz CT molecular complexity index is 2570. The number of aryl methyl sites for hydroxylation is 1. The molecular weight excluding hydrogens is 784 g/mol. The molecule has 5 saturated heterocycles. The molecule has 0 radical (unpaired) electrons. The number of hydrogen-bond acceptors (Lipinski definition) is 13. The number of carbonyl (C=O) groups is 5. The molecule has 9 heterocycles. The third kappa shape index (κ3) is 6.73. The van der Waals surface area contributed by atoms with Crippen molar-refractivity contribution < 1.29 is 28.4 Å². The van der Waals surface area contributed by atoms with E-state index in [2.05, 4.69) is 30.4 Å². The minimum absolute atomic E-state index is 0.00553. The molecule has 3 unspecified atom stereocenters. The molecule has 4 aromatic rings. The van der Waals surface area contributed by atoms with Gasteiger partial charge in [-0.1, -0.05) is 12.8 Å². The molecule has 1 aromatic carbocycles. The predicted octanol–water partition coefficient (Wildman–Crippen LogP) is 4.28. The Morgan fingerprint density at radius 3 is 2.28 bits per heavy atom. The zero-order valence-corrected chi connectivity index (χ0v) is 34.2. The number of fused-ring (bicyclic) bond motifs is 4. The number of carbonyl (C=O) groups excluding carboxylic acids is 5. The summed E-state index contributed by atoms with van der Waals surface area (Å²) in [6.07, 6.45) is 10.5. The van der Waals surface area contributed by atoms with E-state index in [0.29, 0.717) is 47.4 Å². The molecule has 7 aliphatic rings. The van der Waals surface area contributed by atoms with Gasteiger partial charge in [-0.25, -0.2) is 14.4 Å². The van der Waals surface area contributed by atoms with Crippen molar-refractivity contribution in [2.24, 2.45) is 5.92 Å². The molecule has 6 aliphatic heterocycles. The van der Waals surface area contributed by atoms with Crippen LogP contribution in [-0.4, -0.2) is 110 Å². The lowest BCUT2D eigenvalue weighted by Gasteiger charge is -2.58. The second-order valence-electron chi connectivity index (χ2n) is 17.5. The summed E-state index contributed by atoms with van der Waals surface area (Å²) in [5.41, 5.74) is 2.39. The van der Waals surface area contributed by atoms with Gasteiger partial charge in [0.25, 0.3) is 17.4 Å². The van der Waals surface area contributed by atoms with E-state index < -0.39 is 35.5 Å². The third-order valence-corrected chi connectivity index (χ3v) is 13.9. The molecule has 61 heavy (non-hydrogen) atoms. The van der Waals surface area contributed by atoms with Crippen LogP contribution in [0.2, 0.25) is 0 Å². The number of imide groups is 2. The summed E-state index contributed by atoms with van der Waals surface area (Å²) in [5, 5.41) is 6.10. The first kappa shape index (κ1) is 39.1. The monoisotopic (exact) mass is 830 g/mol. The maximum Gasteiger partial charge on any atom is 0.263 e. The third-order valence-electron chi connectivity index (χ3n) is 13.9. The summed E-state index contributed by atoms with van der Waals surface area (Å²) < 4.78 is 17.3. The molecule has 2 N–H and O–H groups in total. The molecule has 1 saturated carbocycles. The number of ketones is 1. The van der Waals surface area contributed by atoms with Crippen LogP contribution in [0.3, 0.4) is 0 Å². The summed E-state index contributed by atoms with van der Waals surface area (Å²) in [6.45, 7) is 7.19. The molecular formula is C44H47FN10O6. The lowest BCUT2D eigenvalue weighted by molar-refractivity contribution is -0.136. The van der Waals surface area contributed by atoms with Crippen LogP contribution in [0.25, 0.3) is 11.0 Å². The van der Waals surface area contributed by atoms with Gasteiger partial charge < -0.3 is 15.1 Å². The van der Waals surface area contributed by atoms with Crippen LogP contribution in [0.4, 0.5) is 27.5 Å². The van der Waals surface area contributed by atoms with E-state index >= 15 is 4.39 Å². The van der Waals surface area contributed by atoms with E-state index in [1.165, 1.54) is 13.0 Å². The summed E-state index contributed by atoms with van der Waals surface area (Å²) in [7, 11) is 0. The fourth-order valence-electron chi connectivity index (χ4n) is 10.6. The molecule has 16 nitrogen and oxygen atoms in total. The maximum atomic E-state index is 15.6. The lowest BCUT2D eigenvalue weighted by Crippen LogP contribution is -2.69. The number of piperazine rings is 1. The molecule has 11 rings (SSSR count). The number of benzene rings is 1. The van der Waals surface area contributed by atoms with Crippen LogP contribution >= 0.6 is 0 Å². The molecule has 316 valence electrons. The van der Waals surface area contributed by atoms with Crippen LogP contribution in [0.15, 0.2) is 41.5 Å². The number of Topliss-reactive ketones (excluding diaryl/α,β-unsaturated/α-hetero) is 1. The normalized spacial score (nSPS) is 23.5. The van der Waals surface area contributed by atoms with E-state index in [4.69, 9.17) is 4.98 Å². The second kappa shape index (κ2) is 15.1. The molecule has 4 amide bonds. The molecule has 1 aliphatic carbocycles. The van der Waals surface area contributed by atoms with Gasteiger partial charge in [0.05, 0.1) is 34.3 Å². The van der Waals surface area contributed by atoms with Gasteiger partial charge in [-0.2, -0.15) is 4.98 Å². The number of piperidine rings is 3. The van der Waals surface area contributed by atoms with Crippen molar-refractivity contribution in [1.82, 2.24) is 34.6 Å². The van der Waals surface area contributed by atoms with Gasteiger partial charge in [-0.15, -0.1) is 0 Å². The number of anilines is 4. The zero-order valence-electron chi connectivity index (χ0n) is 34.2. The van der Waals surface area contributed by atoms with E-state index in [9.17, 15) is 28.8 Å². The van der Waals surface area contributed by atoms with Gasteiger partial charge in [0, 0.05) is 68.9 Å². The number of pyridine rings is 2. The van der Waals surface area contributed by atoms with Crippen LogP contribution in [0.1, 0.15) is 107 Å². The fourth-order valence-corrected chi connectivity index (χ4v) is 10.6. The summed E-state index contributed by atoms with van der Waals surface area (Å²) >= 11 is 0. The average molecular weight is 831 g/mol. The summed E-state index contributed by atoms with van der Waals surface area (Å²) in [4.78, 5) is 98.5. The number of aromatic nitrogens is 4. The zero-order chi connectivity index (χ0) is 42.3. The van der Waals surface area contributed by atoms with Crippen molar-refractivity contribution >= 4 is 63.6 Å². The number of nitrogens with one attached hydrogen (secondary N) is 2. The molecule has 2 bridgehead atoms. The van der Waals surface area contributed by atoms with E-state index in [0.717, 1.165) is 81.2 Å². The van der Waals surface area contributed by atoms with Gasteiger partial charge in [0.15, 0.2) is 5.78 Å². The molecule has 6 fully saturated rings. The number of halogens is 1. The Morgan fingerprint density at radius 2 is 1.61 bits per heavy atom. The average Bonchev–Trinajstić information content (AvgIpc) is 3.86. The molecule has 17 heteroatoms. The van der Waals surface area contributed by atoms with Crippen LogP contribution < -0.4 is 26.0 Å². The van der Waals surface area contributed by atoms with Crippen molar-refractivity contribution in [2.45, 2.75) is 95.8 Å². The second-order valence-corrected chi connectivity index (χ2v) is 17.5. The quantitative estimate of drug-likeness (QED) is 0.180. The standard InChI is InChI=1S/C44H47FN10O6/c1-23-32-19-47-44(50-39(32)54(26-5-3-4-6-26)43(61)38(23)24(2)56)48-36-9-7-27(18-46-36)51-13-11-25(12-14-51)20-53-28-15-29(53)22-52(21-28)35-17-31-30(16-33(35)45)41(59)55(42(31)60)34-8-10-37(57)49-40(34)58/h7,9,16-19,25-26,28-29,34H,3-6,8,10-15,20-22H2,1-2H3,(H,49,57,58)(H,46,47,48,50). The maximum absolute atomic E-state index is 15.6. The largest absolute Gasteiger partial charge is 0.370 e. The Morgan fingerprint density at radius 1 is 0.885 bits per heavy atom. The van der Waals surface area contributed by atoms with Crippen LogP contribution in [0, 0.1) is 18.7 Å². The van der Waals surface area contributed by atoms with Crippen LogP contribution in [0.5, 0.6) is 0 Å². The van der Waals surface area contributed by atoms with Gasteiger partial charge >= 0.3 is 0 Å². The molecule has 3 atom stereocenters. The SMILES string of the molecule is CC(=O)c1c(C)c2cnc(Nc3ccc(N4CCC(CN5C6CC5CN(c5cc7c(cc5F)C(=O)N(C5CCC(=O)NC5=O)C7=O)C6)CC4)cn3)nc2n(C2CCCC2)c1=O. The van der Waals surface area contributed by atoms with Gasteiger partial charge in [0.2, 0.25) is 17.8 Å². The van der Waals surface area contributed by atoms with Crippen molar-refractivity contribution in [3.63, 3.8) is 0 Å². The number of nitrogens with zero attached hydrogens (tertiary/aromatic N) is 8. The lowest BCUT2D eigenvalue weighted by atomic mass is 9.84. The molecule has 0 spiro atoms. The summed E-state index contributed by atoms with van der Waals surface area (Å²) in [5.74, 6) is -1.90. The topological polar surface area (TPSA) is 183 Å². The Kier molecular flexibility index (Phi) is 9.68. The first-order chi connectivity index (χ1) is 29.4. The predicted molar refractivity (Wildman–Crippen MR) is 223 cm³/mol.